The van der Waals surface area contributed by atoms with Crippen LogP contribution in [0.5, 0.6) is 0 Å². The zero-order valence-corrected chi connectivity index (χ0v) is 6.88. The number of aliphatic hydroxyl groups is 1. The van der Waals surface area contributed by atoms with E-state index >= 15 is 0 Å². The van der Waals surface area contributed by atoms with Crippen LogP contribution in [0, 0.1) is 0 Å². The van der Waals surface area contributed by atoms with Gasteiger partial charge in [0.05, 0.1) is 6.10 Å². The number of aliphatic carboxylic acids is 1. The first-order chi connectivity index (χ1) is 6.04. The lowest BCUT2D eigenvalue weighted by molar-refractivity contribution is -0.148. The van der Waals surface area contributed by atoms with Crippen LogP contribution in [-0.4, -0.2) is 51.0 Å². The summed E-state index contributed by atoms with van der Waals surface area (Å²) in [5.74, 6) is -1.30. The van der Waals surface area contributed by atoms with Gasteiger partial charge in [-0.15, -0.1) is 0 Å². The maximum absolute atomic E-state index is 10.6. The van der Waals surface area contributed by atoms with Crippen molar-refractivity contribution in [2.75, 3.05) is 6.54 Å². The summed E-state index contributed by atoms with van der Waals surface area (Å²) < 4.78 is 0. The number of amides is 1. The number of carboxylic acid groups (broad SMARTS) is 2. The minimum absolute atomic E-state index is 0.170. The minimum atomic E-state index is -1.31. The summed E-state index contributed by atoms with van der Waals surface area (Å²) in [7, 11) is 0. The van der Waals surface area contributed by atoms with Crippen LogP contribution in [0.25, 0.3) is 0 Å². The van der Waals surface area contributed by atoms with E-state index in [1.807, 2.05) is 0 Å². The van der Waals surface area contributed by atoms with Gasteiger partial charge in [0, 0.05) is 6.54 Å². The Labute approximate surface area is 74.4 Å². The molecule has 1 aliphatic heterocycles. The highest BCUT2D eigenvalue weighted by atomic mass is 16.4. The first-order valence-corrected chi connectivity index (χ1v) is 3.94. The molecular formula is C7H11NO5. The second-order valence-corrected chi connectivity index (χ2v) is 2.97. The first-order valence-electron chi connectivity index (χ1n) is 3.94. The molecule has 0 unspecified atom stereocenters. The van der Waals surface area contributed by atoms with Crippen molar-refractivity contribution in [3.8, 4) is 0 Å². The molecule has 0 aromatic heterocycles. The summed E-state index contributed by atoms with van der Waals surface area (Å²) >= 11 is 0. The minimum Gasteiger partial charge on any atom is -0.480 e. The number of carboxylic acids is 1. The number of hydrogen-bond donors (Lipinski definition) is 3. The van der Waals surface area contributed by atoms with Crippen LogP contribution in [0.2, 0.25) is 0 Å². The summed E-state index contributed by atoms with van der Waals surface area (Å²) in [6.45, 7) is 0.170. The zero-order chi connectivity index (χ0) is 10.0. The molecule has 2 atom stereocenters. The average Bonchev–Trinajstić information content (AvgIpc) is 2.02. The molecule has 6 nitrogen and oxygen atoms in total. The Kier molecular flexibility index (Phi) is 2.72. The van der Waals surface area contributed by atoms with Crippen molar-refractivity contribution < 1.29 is 24.9 Å². The predicted molar refractivity (Wildman–Crippen MR) is 41.4 cm³/mol. The van der Waals surface area contributed by atoms with Gasteiger partial charge in [0.1, 0.15) is 0 Å². The van der Waals surface area contributed by atoms with Crippen molar-refractivity contribution in [3.63, 3.8) is 0 Å². The van der Waals surface area contributed by atoms with E-state index in [0.717, 1.165) is 4.90 Å². The SMILES string of the molecule is O=C(O)[C@H]1[C@@H](O)CCCN1C(=O)O. The monoisotopic (exact) mass is 189 g/mol. The molecule has 0 aromatic rings. The Bertz CT molecular complexity index is 229. The van der Waals surface area contributed by atoms with Gasteiger partial charge < -0.3 is 15.3 Å². The normalized spacial score (nSPS) is 28.5. The van der Waals surface area contributed by atoms with E-state index in [1.165, 1.54) is 0 Å². The number of aliphatic hydroxyl groups excluding tert-OH is 1. The van der Waals surface area contributed by atoms with Crippen molar-refractivity contribution in [2.45, 2.75) is 25.0 Å². The third-order valence-electron chi connectivity index (χ3n) is 2.10. The van der Waals surface area contributed by atoms with E-state index in [4.69, 9.17) is 10.2 Å². The van der Waals surface area contributed by atoms with Crippen LogP contribution in [-0.2, 0) is 4.79 Å². The second kappa shape index (κ2) is 3.61. The Morgan fingerprint density at radius 1 is 1.31 bits per heavy atom. The van der Waals surface area contributed by atoms with E-state index < -0.39 is 24.2 Å². The van der Waals surface area contributed by atoms with E-state index in [9.17, 15) is 14.7 Å². The molecule has 1 fully saturated rings. The van der Waals surface area contributed by atoms with E-state index in [-0.39, 0.29) is 6.54 Å². The van der Waals surface area contributed by atoms with Crippen molar-refractivity contribution in [1.29, 1.82) is 0 Å². The summed E-state index contributed by atoms with van der Waals surface area (Å²) in [6, 6.07) is -1.31. The topological polar surface area (TPSA) is 98.1 Å². The fourth-order valence-corrected chi connectivity index (χ4v) is 1.49. The van der Waals surface area contributed by atoms with Crippen LogP contribution in [0.1, 0.15) is 12.8 Å². The Morgan fingerprint density at radius 3 is 2.31 bits per heavy atom. The summed E-state index contributed by atoms with van der Waals surface area (Å²) in [6.07, 6.45) is -1.56. The summed E-state index contributed by atoms with van der Waals surface area (Å²) in [5.41, 5.74) is 0. The first kappa shape index (κ1) is 9.79. The number of hydrogen-bond acceptors (Lipinski definition) is 3. The largest absolute Gasteiger partial charge is 0.480 e. The molecule has 1 heterocycles. The number of rotatable bonds is 1. The number of likely N-dealkylation sites (tertiary alicyclic amines) is 1. The fraction of sp³-hybridized carbons (Fsp3) is 0.714. The Morgan fingerprint density at radius 2 is 1.92 bits per heavy atom. The van der Waals surface area contributed by atoms with Crippen LogP contribution in [0.3, 0.4) is 0 Å². The molecule has 1 saturated heterocycles. The zero-order valence-electron chi connectivity index (χ0n) is 6.88. The van der Waals surface area contributed by atoms with E-state index in [1.54, 1.807) is 0 Å². The van der Waals surface area contributed by atoms with Gasteiger partial charge in [-0.1, -0.05) is 0 Å². The molecule has 74 valence electrons. The van der Waals surface area contributed by atoms with Crippen LogP contribution >= 0.6 is 0 Å². The lowest BCUT2D eigenvalue weighted by Crippen LogP contribution is -2.54. The van der Waals surface area contributed by atoms with Crippen molar-refractivity contribution >= 4 is 12.1 Å². The molecule has 0 radical (unpaired) electrons. The van der Waals surface area contributed by atoms with Crippen molar-refractivity contribution in [2.24, 2.45) is 0 Å². The van der Waals surface area contributed by atoms with Gasteiger partial charge in [0.25, 0.3) is 0 Å². The fourth-order valence-electron chi connectivity index (χ4n) is 1.49. The van der Waals surface area contributed by atoms with Crippen LogP contribution in [0.4, 0.5) is 4.79 Å². The molecule has 0 aliphatic carbocycles. The molecule has 1 rings (SSSR count). The quantitative estimate of drug-likeness (QED) is 0.520. The standard InChI is InChI=1S/C7H11NO5/c9-4-2-1-3-8(7(12)13)5(4)6(10)11/h4-5,9H,1-3H2,(H,10,11)(H,12,13)/t4-,5+/m0/s1. The molecule has 6 heteroatoms. The molecule has 13 heavy (non-hydrogen) atoms. The lowest BCUT2D eigenvalue weighted by atomic mass is 10.00. The smallest absolute Gasteiger partial charge is 0.408 e. The highest BCUT2D eigenvalue weighted by Crippen LogP contribution is 2.17. The molecule has 0 spiro atoms. The lowest BCUT2D eigenvalue weighted by Gasteiger charge is -2.34. The van der Waals surface area contributed by atoms with Gasteiger partial charge in [-0.3, -0.25) is 4.90 Å². The highest BCUT2D eigenvalue weighted by Gasteiger charge is 2.38. The Balaban J connectivity index is 2.80. The molecule has 1 aliphatic rings. The van der Waals surface area contributed by atoms with E-state index in [0.29, 0.717) is 12.8 Å². The number of piperidine rings is 1. The second-order valence-electron chi connectivity index (χ2n) is 2.97. The summed E-state index contributed by atoms with van der Waals surface area (Å²) in [4.78, 5) is 21.9. The molecule has 0 bridgehead atoms. The molecule has 0 saturated carbocycles. The van der Waals surface area contributed by atoms with E-state index in [2.05, 4.69) is 0 Å². The maximum atomic E-state index is 10.6. The molecular weight excluding hydrogens is 178 g/mol. The van der Waals surface area contributed by atoms with Gasteiger partial charge in [0.2, 0.25) is 0 Å². The van der Waals surface area contributed by atoms with Crippen molar-refractivity contribution in [3.05, 3.63) is 0 Å². The number of carbonyl (C=O) groups is 2. The van der Waals surface area contributed by atoms with Gasteiger partial charge in [-0.2, -0.15) is 0 Å². The van der Waals surface area contributed by atoms with Crippen LogP contribution in [0.15, 0.2) is 0 Å². The van der Waals surface area contributed by atoms with Crippen LogP contribution < -0.4 is 0 Å². The predicted octanol–water partition coefficient (Wildman–Crippen LogP) is -0.426. The third-order valence-corrected chi connectivity index (χ3v) is 2.10. The molecule has 1 amide bonds. The molecule has 0 aromatic carbocycles. The van der Waals surface area contributed by atoms with Gasteiger partial charge >= 0.3 is 12.1 Å². The average molecular weight is 189 g/mol. The number of nitrogens with zero attached hydrogens (tertiary/aromatic N) is 1. The van der Waals surface area contributed by atoms with Crippen molar-refractivity contribution in [1.82, 2.24) is 4.90 Å². The van der Waals surface area contributed by atoms with Gasteiger partial charge in [-0.05, 0) is 12.8 Å². The van der Waals surface area contributed by atoms with Gasteiger partial charge in [0.15, 0.2) is 6.04 Å². The van der Waals surface area contributed by atoms with Gasteiger partial charge in [-0.25, -0.2) is 9.59 Å². The highest BCUT2D eigenvalue weighted by molar-refractivity contribution is 5.80. The third kappa shape index (κ3) is 1.89. The summed E-state index contributed by atoms with van der Waals surface area (Å²) in [5, 5.41) is 26.6. The Hall–Kier alpha value is -1.30. The molecule has 3 N–H and O–H groups in total. The maximum Gasteiger partial charge on any atom is 0.408 e.